The van der Waals surface area contributed by atoms with Crippen molar-refractivity contribution in [3.05, 3.63) is 34.9 Å². The fourth-order valence-corrected chi connectivity index (χ4v) is 5.91. The fraction of sp³-hybridized carbons (Fsp3) is 0.720. The Morgan fingerprint density at radius 2 is 2.09 bits per heavy atom. The molecule has 1 aliphatic carbocycles. The average Bonchev–Trinajstić information content (AvgIpc) is 3.23. The van der Waals surface area contributed by atoms with E-state index in [4.69, 9.17) is 9.47 Å². The second-order valence-electron chi connectivity index (χ2n) is 10.3. The van der Waals surface area contributed by atoms with Crippen molar-refractivity contribution < 1.29 is 32.5 Å². The van der Waals surface area contributed by atoms with Gasteiger partial charge < -0.3 is 24.8 Å². The van der Waals surface area contributed by atoms with Gasteiger partial charge in [0.1, 0.15) is 0 Å². The van der Waals surface area contributed by atoms with Crippen LogP contribution in [0.4, 0.5) is 13.2 Å². The summed E-state index contributed by atoms with van der Waals surface area (Å²) in [5.74, 6) is -0.0241. The number of carbonyl (C=O) groups excluding carboxylic acids is 1. The number of hydrogen-bond donors (Lipinski definition) is 2. The quantitative estimate of drug-likeness (QED) is 0.668. The zero-order chi connectivity index (χ0) is 24.7. The van der Waals surface area contributed by atoms with Gasteiger partial charge in [0.25, 0.3) is 0 Å². The molecule has 0 bridgehead atoms. The Kier molecular flexibility index (Phi) is 7.29. The van der Waals surface area contributed by atoms with Crippen LogP contribution in [0.1, 0.15) is 62.3 Å². The molecule has 3 aliphatic rings. The minimum absolute atomic E-state index is 0.0323. The predicted molar refractivity (Wildman–Crippen MR) is 120 cm³/mol. The molecule has 1 unspecified atom stereocenters. The lowest BCUT2D eigenvalue weighted by molar-refractivity contribution is -0.148. The predicted octanol–water partition coefficient (Wildman–Crippen LogP) is 3.67. The Labute approximate surface area is 198 Å². The number of carbonyl (C=O) groups is 1. The fourth-order valence-electron chi connectivity index (χ4n) is 5.91. The van der Waals surface area contributed by atoms with Crippen molar-refractivity contribution in [1.82, 2.24) is 10.2 Å². The summed E-state index contributed by atoms with van der Waals surface area (Å²) in [6.07, 6.45) is -2.48. The summed E-state index contributed by atoms with van der Waals surface area (Å²) in [5.41, 5.74) is -0.560. The molecule has 0 aromatic heterocycles. The van der Waals surface area contributed by atoms with Gasteiger partial charge in [0, 0.05) is 32.3 Å². The van der Waals surface area contributed by atoms with Gasteiger partial charge in [-0.25, -0.2) is 0 Å². The number of hydrogen-bond acceptors (Lipinski definition) is 5. The summed E-state index contributed by atoms with van der Waals surface area (Å²) in [6, 6.07) is 3.69. The number of halogens is 3. The van der Waals surface area contributed by atoms with Gasteiger partial charge in [-0.05, 0) is 54.9 Å². The molecular formula is C25H35F3N2O4. The van der Waals surface area contributed by atoms with E-state index in [1.165, 1.54) is 6.07 Å². The molecular weight excluding hydrogens is 449 g/mol. The van der Waals surface area contributed by atoms with Crippen LogP contribution in [0.5, 0.6) is 0 Å². The number of alkyl halides is 3. The first kappa shape index (κ1) is 25.4. The molecule has 2 heterocycles. The largest absolute Gasteiger partial charge is 0.416 e. The molecule has 2 aliphatic heterocycles. The van der Waals surface area contributed by atoms with Crippen LogP contribution < -0.4 is 5.32 Å². The summed E-state index contributed by atoms with van der Waals surface area (Å²) in [7, 11) is 1.67. The number of rotatable bonds is 5. The number of benzene rings is 1. The molecule has 9 heteroatoms. The normalized spacial score (nSPS) is 32.2. The van der Waals surface area contributed by atoms with Crippen molar-refractivity contribution >= 4 is 5.91 Å². The van der Waals surface area contributed by atoms with Gasteiger partial charge in [-0.2, -0.15) is 13.2 Å². The molecule has 5 atom stereocenters. The minimum Gasteiger partial charge on any atom is -0.387 e. The first-order chi connectivity index (χ1) is 16.0. The summed E-state index contributed by atoms with van der Waals surface area (Å²) in [4.78, 5) is 15.4. The number of amides is 1. The van der Waals surface area contributed by atoms with Crippen LogP contribution in [0.15, 0.2) is 18.2 Å². The standard InChI is InChI=1S/C25H35F3N2O4/c1-15(2)24(8-6-18(11-24)29-20-7-9-34-14-22(20)33-3)23(32)30-12-16-10-17(25(26,27)28)4-5-19(16)21(31)13-30/h4-5,10,15,18,20-22,29,31H,6-9,11-14H2,1-3H3/t18-,20+,21?,22-,24+/m1/s1. The number of aliphatic hydroxyl groups excluding tert-OH is 1. The first-order valence-electron chi connectivity index (χ1n) is 12.1. The van der Waals surface area contributed by atoms with E-state index >= 15 is 0 Å². The van der Waals surface area contributed by atoms with E-state index < -0.39 is 23.3 Å². The Morgan fingerprint density at radius 1 is 1.32 bits per heavy atom. The number of nitrogens with one attached hydrogen (secondary N) is 1. The van der Waals surface area contributed by atoms with Crippen molar-refractivity contribution in [2.45, 2.75) is 76.5 Å². The molecule has 1 saturated carbocycles. The number of aliphatic hydroxyl groups is 1. The van der Waals surface area contributed by atoms with Crippen LogP contribution in [0.2, 0.25) is 0 Å². The molecule has 34 heavy (non-hydrogen) atoms. The summed E-state index contributed by atoms with van der Waals surface area (Å²) in [5, 5.41) is 14.3. The van der Waals surface area contributed by atoms with Crippen LogP contribution in [-0.2, 0) is 27.0 Å². The number of fused-ring (bicyclic) bond motifs is 1. The summed E-state index contributed by atoms with van der Waals surface area (Å²) >= 11 is 0. The van der Waals surface area contributed by atoms with Crippen LogP contribution >= 0.6 is 0 Å². The van der Waals surface area contributed by atoms with Crippen molar-refractivity contribution in [2.75, 3.05) is 26.9 Å². The SMILES string of the molecule is CO[C@@H]1COCC[C@@H]1N[C@@H]1CC[C@@](C(=O)N2Cc3cc(C(F)(F)F)ccc3C(O)C2)(C(C)C)C1. The van der Waals surface area contributed by atoms with E-state index in [0.717, 1.165) is 25.0 Å². The van der Waals surface area contributed by atoms with Gasteiger partial charge in [0.05, 0.1) is 36.3 Å². The zero-order valence-corrected chi connectivity index (χ0v) is 20.0. The highest BCUT2D eigenvalue weighted by molar-refractivity contribution is 5.84. The highest BCUT2D eigenvalue weighted by atomic mass is 19.4. The summed E-state index contributed by atoms with van der Waals surface area (Å²) < 4.78 is 50.8. The molecule has 2 N–H and O–H groups in total. The lowest BCUT2D eigenvalue weighted by Crippen LogP contribution is -2.52. The molecule has 0 radical (unpaired) electrons. The van der Waals surface area contributed by atoms with Gasteiger partial charge >= 0.3 is 6.18 Å². The van der Waals surface area contributed by atoms with Crippen molar-refractivity contribution in [1.29, 1.82) is 0 Å². The van der Waals surface area contributed by atoms with Crippen LogP contribution in [0, 0.1) is 11.3 Å². The lowest BCUT2D eigenvalue weighted by atomic mass is 9.73. The van der Waals surface area contributed by atoms with Gasteiger partial charge in [0.2, 0.25) is 5.91 Å². The maximum Gasteiger partial charge on any atom is 0.416 e. The average molecular weight is 485 g/mol. The summed E-state index contributed by atoms with van der Waals surface area (Å²) in [6.45, 7) is 5.44. The van der Waals surface area contributed by atoms with E-state index in [1.807, 2.05) is 13.8 Å². The maximum absolute atomic E-state index is 13.9. The number of nitrogens with zero attached hydrogens (tertiary/aromatic N) is 1. The van der Waals surface area contributed by atoms with Crippen LogP contribution in [-0.4, -0.2) is 61.0 Å². The van der Waals surface area contributed by atoms with Crippen molar-refractivity contribution in [3.8, 4) is 0 Å². The van der Waals surface area contributed by atoms with E-state index in [1.54, 1.807) is 12.0 Å². The van der Waals surface area contributed by atoms with E-state index in [9.17, 15) is 23.1 Å². The maximum atomic E-state index is 13.9. The van der Waals surface area contributed by atoms with E-state index in [-0.39, 0.29) is 43.1 Å². The second kappa shape index (κ2) is 9.76. The Balaban J connectivity index is 1.51. The molecule has 1 aromatic rings. The third-order valence-electron chi connectivity index (χ3n) is 8.01. The highest BCUT2D eigenvalue weighted by Crippen LogP contribution is 2.47. The van der Waals surface area contributed by atoms with Gasteiger partial charge in [0.15, 0.2) is 0 Å². The minimum atomic E-state index is -4.47. The Bertz CT molecular complexity index is 893. The van der Waals surface area contributed by atoms with E-state index in [0.29, 0.717) is 37.2 Å². The van der Waals surface area contributed by atoms with Gasteiger partial charge in [-0.1, -0.05) is 19.9 Å². The van der Waals surface area contributed by atoms with Crippen molar-refractivity contribution in [3.63, 3.8) is 0 Å². The zero-order valence-electron chi connectivity index (χ0n) is 20.0. The number of ether oxygens (including phenoxy) is 2. The number of β-amino-alcohol motifs (C(OH)–C–C–N with tert-alkyl or cyclic N) is 1. The molecule has 4 rings (SSSR count). The molecule has 1 amide bonds. The molecule has 6 nitrogen and oxygen atoms in total. The smallest absolute Gasteiger partial charge is 0.387 e. The van der Waals surface area contributed by atoms with Gasteiger partial charge in [-0.15, -0.1) is 0 Å². The third-order valence-corrected chi connectivity index (χ3v) is 8.01. The van der Waals surface area contributed by atoms with Crippen LogP contribution in [0.3, 0.4) is 0 Å². The first-order valence-corrected chi connectivity index (χ1v) is 12.1. The molecule has 2 fully saturated rings. The van der Waals surface area contributed by atoms with E-state index in [2.05, 4.69) is 5.32 Å². The monoisotopic (exact) mass is 484 g/mol. The topological polar surface area (TPSA) is 71.0 Å². The molecule has 1 saturated heterocycles. The second-order valence-corrected chi connectivity index (χ2v) is 10.3. The number of methoxy groups -OCH3 is 1. The Morgan fingerprint density at radius 3 is 2.76 bits per heavy atom. The molecule has 1 aromatic carbocycles. The van der Waals surface area contributed by atoms with Crippen LogP contribution in [0.25, 0.3) is 0 Å². The van der Waals surface area contributed by atoms with Crippen molar-refractivity contribution in [2.24, 2.45) is 11.3 Å². The molecule has 190 valence electrons. The third kappa shape index (κ3) is 4.85. The Hall–Kier alpha value is -1.68. The molecule has 0 spiro atoms. The lowest BCUT2D eigenvalue weighted by Gasteiger charge is -2.41. The van der Waals surface area contributed by atoms with Gasteiger partial charge in [-0.3, -0.25) is 4.79 Å². The highest BCUT2D eigenvalue weighted by Gasteiger charge is 2.50.